The molecule has 0 amide bonds. The lowest BCUT2D eigenvalue weighted by molar-refractivity contribution is 0.713. The van der Waals surface area contributed by atoms with Gasteiger partial charge in [-0.1, -0.05) is 39.8 Å². The highest BCUT2D eigenvalue weighted by molar-refractivity contribution is 8.02. The Labute approximate surface area is 105 Å². The van der Waals surface area contributed by atoms with Crippen LogP contribution in [0.15, 0.2) is 27.7 Å². The maximum Gasteiger partial charge on any atom is 0.0888 e. The van der Waals surface area contributed by atoms with E-state index in [0.29, 0.717) is 11.8 Å². The second kappa shape index (κ2) is 6.95. The Morgan fingerprint density at radius 3 is 1.88 bits per heavy atom. The van der Waals surface area contributed by atoms with Gasteiger partial charge in [0.05, 0.1) is 5.03 Å². The second-order valence-electron chi connectivity index (χ2n) is 4.70. The van der Waals surface area contributed by atoms with Gasteiger partial charge >= 0.3 is 0 Å². The number of allylic oxidation sites excluding steroid dienone is 2. The van der Waals surface area contributed by atoms with Gasteiger partial charge in [-0.2, -0.15) is 0 Å². The minimum atomic E-state index is 0.515. The molecule has 0 fully saturated rings. The first kappa shape index (κ1) is 15.5. The fraction of sp³-hybridized carbons (Fsp3) is 0.643. The monoisotopic (exact) mass is 239 g/mol. The number of aliphatic imine (C=N–C) groups is 1. The summed E-state index contributed by atoms with van der Waals surface area (Å²) in [5.74, 6) is 1.09. The smallest absolute Gasteiger partial charge is 0.0888 e. The fourth-order valence-electron chi connectivity index (χ4n) is 1.76. The zero-order chi connectivity index (χ0) is 12.9. The molecule has 0 aliphatic rings. The van der Waals surface area contributed by atoms with E-state index in [1.165, 1.54) is 11.1 Å². The molecule has 0 aromatic heterocycles. The van der Waals surface area contributed by atoms with Gasteiger partial charge in [0.15, 0.2) is 0 Å². The molecule has 0 rings (SSSR count). The molecule has 0 aliphatic carbocycles. The molecule has 2 heteroatoms. The van der Waals surface area contributed by atoms with Crippen molar-refractivity contribution in [2.24, 2.45) is 16.8 Å². The normalized spacial score (nSPS) is 14.4. The van der Waals surface area contributed by atoms with Crippen LogP contribution in [0.3, 0.4) is 0 Å². The van der Waals surface area contributed by atoms with Crippen molar-refractivity contribution in [1.82, 2.24) is 0 Å². The fourth-order valence-corrected chi connectivity index (χ4v) is 1.99. The highest BCUT2D eigenvalue weighted by Gasteiger charge is 2.13. The zero-order valence-electron chi connectivity index (χ0n) is 11.7. The molecule has 92 valence electrons. The molecule has 0 radical (unpaired) electrons. The molecular formula is C14H25NS. The molecule has 0 spiro atoms. The predicted octanol–water partition coefficient (Wildman–Crippen LogP) is 4.91. The highest BCUT2D eigenvalue weighted by atomic mass is 32.2. The van der Waals surface area contributed by atoms with Crippen LogP contribution < -0.4 is 0 Å². The average Bonchev–Trinajstić information content (AvgIpc) is 2.16. The zero-order valence-corrected chi connectivity index (χ0v) is 12.5. The lowest BCUT2D eigenvalue weighted by atomic mass is 9.89. The van der Waals surface area contributed by atoms with Gasteiger partial charge in [-0.3, -0.25) is 0 Å². The van der Waals surface area contributed by atoms with Gasteiger partial charge in [0.25, 0.3) is 0 Å². The third kappa shape index (κ3) is 4.56. The largest absolute Gasteiger partial charge is 0.247 e. The number of hydrogen-bond acceptors (Lipinski definition) is 2. The van der Waals surface area contributed by atoms with Crippen LogP contribution >= 0.6 is 11.8 Å². The Morgan fingerprint density at radius 1 is 1.06 bits per heavy atom. The van der Waals surface area contributed by atoms with Crippen molar-refractivity contribution < 1.29 is 0 Å². The molecule has 0 aromatic rings. The number of thioether (sulfide) groups is 1. The van der Waals surface area contributed by atoms with Crippen LogP contribution in [0.2, 0.25) is 0 Å². The van der Waals surface area contributed by atoms with E-state index < -0.39 is 0 Å². The van der Waals surface area contributed by atoms with Gasteiger partial charge in [0, 0.05) is 5.71 Å². The summed E-state index contributed by atoms with van der Waals surface area (Å²) in [6, 6.07) is 0. The minimum absolute atomic E-state index is 0.515. The number of hydrogen-bond donors (Lipinski definition) is 0. The van der Waals surface area contributed by atoms with Crippen LogP contribution in [0.1, 0.15) is 41.5 Å². The lowest BCUT2D eigenvalue weighted by Gasteiger charge is -2.18. The van der Waals surface area contributed by atoms with E-state index in [1.807, 2.05) is 6.26 Å². The van der Waals surface area contributed by atoms with Crippen LogP contribution in [0.5, 0.6) is 0 Å². The van der Waals surface area contributed by atoms with Crippen LogP contribution in [-0.2, 0) is 0 Å². The Morgan fingerprint density at radius 2 is 1.56 bits per heavy atom. The summed E-state index contributed by atoms with van der Waals surface area (Å²) in [5, 5.41) is 0.882. The van der Waals surface area contributed by atoms with Crippen molar-refractivity contribution in [3.63, 3.8) is 0 Å². The molecular weight excluding hydrogens is 214 g/mol. The number of nitrogens with zero attached hydrogens (tertiary/aromatic N) is 1. The SMILES string of the molecule is C=C(N=C(C)/C(=C(\C)C(C)C)C(C)C)SC. The second-order valence-corrected chi connectivity index (χ2v) is 5.58. The van der Waals surface area contributed by atoms with Gasteiger partial charge in [-0.25, -0.2) is 4.99 Å². The molecule has 0 unspecified atom stereocenters. The van der Waals surface area contributed by atoms with E-state index in [1.54, 1.807) is 11.8 Å². The molecule has 0 bridgehead atoms. The third-order valence-electron chi connectivity index (χ3n) is 2.79. The average molecular weight is 239 g/mol. The lowest BCUT2D eigenvalue weighted by Crippen LogP contribution is -2.10. The van der Waals surface area contributed by atoms with Crippen molar-refractivity contribution in [3.05, 3.63) is 22.8 Å². The van der Waals surface area contributed by atoms with Gasteiger partial charge in [-0.05, 0) is 37.5 Å². The van der Waals surface area contributed by atoms with Crippen molar-refractivity contribution >= 4 is 17.5 Å². The Balaban J connectivity index is 5.32. The van der Waals surface area contributed by atoms with Gasteiger partial charge < -0.3 is 0 Å². The molecule has 1 nitrogen and oxygen atoms in total. The molecule has 0 aromatic carbocycles. The van der Waals surface area contributed by atoms with E-state index in [-0.39, 0.29) is 0 Å². The van der Waals surface area contributed by atoms with Gasteiger partial charge in [0.1, 0.15) is 0 Å². The first-order valence-corrected chi connectivity index (χ1v) is 7.02. The van der Waals surface area contributed by atoms with Crippen LogP contribution in [0.4, 0.5) is 0 Å². The molecule has 0 saturated carbocycles. The summed E-state index contributed by atoms with van der Waals surface area (Å²) in [6.07, 6.45) is 2.01. The summed E-state index contributed by atoms with van der Waals surface area (Å²) in [5.41, 5.74) is 3.93. The molecule has 0 heterocycles. The molecule has 0 aliphatic heterocycles. The maximum atomic E-state index is 4.55. The first-order chi connectivity index (χ1) is 7.31. The first-order valence-electron chi connectivity index (χ1n) is 5.80. The Kier molecular flexibility index (Phi) is 6.73. The van der Waals surface area contributed by atoms with Crippen molar-refractivity contribution in [1.29, 1.82) is 0 Å². The van der Waals surface area contributed by atoms with Crippen molar-refractivity contribution in [2.75, 3.05) is 6.26 Å². The summed E-state index contributed by atoms with van der Waals surface area (Å²) >= 11 is 1.60. The summed E-state index contributed by atoms with van der Waals surface area (Å²) in [7, 11) is 0. The standard InChI is InChI=1S/C14H25NS/c1-9(2)11(5)14(10(3)4)12(6)15-13(7)16-8/h9-10H,7H2,1-6,8H3/b14-11+,15-12?. The Hall–Kier alpha value is -0.500. The topological polar surface area (TPSA) is 12.4 Å². The van der Waals surface area contributed by atoms with Crippen LogP contribution in [0, 0.1) is 11.8 Å². The minimum Gasteiger partial charge on any atom is -0.247 e. The molecule has 16 heavy (non-hydrogen) atoms. The van der Waals surface area contributed by atoms with Crippen LogP contribution in [-0.4, -0.2) is 12.0 Å². The van der Waals surface area contributed by atoms with Crippen molar-refractivity contribution in [3.8, 4) is 0 Å². The van der Waals surface area contributed by atoms with E-state index >= 15 is 0 Å². The Bertz CT molecular complexity index is 309. The molecule has 0 saturated heterocycles. The quantitative estimate of drug-likeness (QED) is 0.621. The molecule has 0 atom stereocenters. The van der Waals surface area contributed by atoms with Crippen LogP contribution in [0.25, 0.3) is 0 Å². The highest BCUT2D eigenvalue weighted by Crippen LogP contribution is 2.24. The third-order valence-corrected chi connectivity index (χ3v) is 3.35. The summed E-state index contributed by atoms with van der Waals surface area (Å²) < 4.78 is 0. The molecule has 0 N–H and O–H groups in total. The van der Waals surface area contributed by atoms with E-state index in [2.05, 4.69) is 53.1 Å². The number of rotatable bonds is 5. The summed E-state index contributed by atoms with van der Waals surface area (Å²) in [6.45, 7) is 17.1. The summed E-state index contributed by atoms with van der Waals surface area (Å²) in [4.78, 5) is 4.55. The van der Waals surface area contributed by atoms with E-state index in [0.717, 1.165) is 10.7 Å². The van der Waals surface area contributed by atoms with Gasteiger partial charge in [0.2, 0.25) is 0 Å². The van der Waals surface area contributed by atoms with E-state index in [4.69, 9.17) is 0 Å². The van der Waals surface area contributed by atoms with E-state index in [9.17, 15) is 0 Å². The maximum absolute atomic E-state index is 4.55. The van der Waals surface area contributed by atoms with Crippen molar-refractivity contribution in [2.45, 2.75) is 41.5 Å². The predicted molar refractivity (Wildman–Crippen MR) is 78.1 cm³/mol. The van der Waals surface area contributed by atoms with Gasteiger partial charge in [-0.15, -0.1) is 11.8 Å².